The SMILES string of the molecule is Cc1ccc(C)c(NS(=O)(=O)C[C@@]23CC[C@@H](CC2=O)C3(C)C)c1. The standard InChI is InChI=1S/C18H25NO3S/c1-12-5-6-13(2)15(9-12)19-23(21,22)11-18-8-7-14(10-16(18)20)17(18,3)4/h5-6,9,14,19H,7-8,10-11H2,1-4H3/t14-,18-/m0/s1. The van der Waals surface area contributed by atoms with Crippen molar-refractivity contribution in [2.24, 2.45) is 16.7 Å². The van der Waals surface area contributed by atoms with Crippen molar-refractivity contribution in [1.29, 1.82) is 0 Å². The number of nitrogens with one attached hydrogen (secondary N) is 1. The molecule has 5 heteroatoms. The van der Waals surface area contributed by atoms with E-state index in [1.807, 2.05) is 32.0 Å². The van der Waals surface area contributed by atoms with Gasteiger partial charge in [-0.3, -0.25) is 9.52 Å². The lowest BCUT2D eigenvalue weighted by Gasteiger charge is -2.36. The Hall–Kier alpha value is -1.36. The van der Waals surface area contributed by atoms with Gasteiger partial charge >= 0.3 is 0 Å². The van der Waals surface area contributed by atoms with Gasteiger partial charge in [0, 0.05) is 6.42 Å². The van der Waals surface area contributed by atoms with Gasteiger partial charge in [0.25, 0.3) is 0 Å². The van der Waals surface area contributed by atoms with Crippen LogP contribution in [-0.2, 0) is 14.8 Å². The molecule has 0 amide bonds. The van der Waals surface area contributed by atoms with Crippen molar-refractivity contribution in [1.82, 2.24) is 0 Å². The van der Waals surface area contributed by atoms with Gasteiger partial charge in [-0.1, -0.05) is 26.0 Å². The quantitative estimate of drug-likeness (QED) is 0.917. The minimum atomic E-state index is -3.58. The van der Waals surface area contributed by atoms with Gasteiger partial charge in [0.1, 0.15) is 5.78 Å². The predicted molar refractivity (Wildman–Crippen MR) is 91.9 cm³/mol. The molecule has 0 unspecified atom stereocenters. The van der Waals surface area contributed by atoms with Crippen LogP contribution in [0.2, 0.25) is 0 Å². The molecule has 2 fully saturated rings. The summed E-state index contributed by atoms with van der Waals surface area (Å²) in [5.41, 5.74) is 1.55. The first-order valence-electron chi connectivity index (χ1n) is 8.18. The molecular formula is C18H25NO3S. The number of aryl methyl sites for hydroxylation is 2. The average molecular weight is 335 g/mol. The summed E-state index contributed by atoms with van der Waals surface area (Å²) in [4.78, 5) is 12.5. The van der Waals surface area contributed by atoms with Gasteiger partial charge in [-0.25, -0.2) is 8.42 Å². The van der Waals surface area contributed by atoms with Gasteiger partial charge in [-0.15, -0.1) is 0 Å². The van der Waals surface area contributed by atoms with Gasteiger partial charge in [0.05, 0.1) is 16.9 Å². The maximum Gasteiger partial charge on any atom is 0.233 e. The molecule has 0 aromatic heterocycles. The summed E-state index contributed by atoms with van der Waals surface area (Å²) in [6.45, 7) is 7.93. The van der Waals surface area contributed by atoms with Crippen molar-refractivity contribution < 1.29 is 13.2 Å². The zero-order valence-electron chi connectivity index (χ0n) is 14.3. The van der Waals surface area contributed by atoms with Crippen molar-refractivity contribution >= 4 is 21.5 Å². The largest absolute Gasteiger partial charge is 0.299 e. The molecule has 2 bridgehead atoms. The van der Waals surface area contributed by atoms with Gasteiger partial charge in [0.2, 0.25) is 10.0 Å². The highest BCUT2D eigenvalue weighted by atomic mass is 32.2. The Morgan fingerprint density at radius 3 is 2.52 bits per heavy atom. The lowest BCUT2D eigenvalue weighted by molar-refractivity contribution is -0.128. The number of carbonyl (C=O) groups is 1. The Kier molecular flexibility index (Phi) is 3.63. The molecule has 0 aliphatic heterocycles. The first-order valence-corrected chi connectivity index (χ1v) is 9.84. The molecule has 2 aliphatic rings. The fraction of sp³-hybridized carbons (Fsp3) is 0.611. The van der Waals surface area contributed by atoms with E-state index in [1.165, 1.54) is 0 Å². The zero-order valence-corrected chi connectivity index (χ0v) is 15.1. The molecule has 0 saturated heterocycles. The van der Waals surface area contributed by atoms with Crippen LogP contribution in [0.3, 0.4) is 0 Å². The smallest absolute Gasteiger partial charge is 0.233 e. The van der Waals surface area contributed by atoms with Crippen LogP contribution in [0.25, 0.3) is 0 Å². The number of rotatable bonds is 4. The highest BCUT2D eigenvalue weighted by molar-refractivity contribution is 7.92. The van der Waals surface area contributed by atoms with Crippen LogP contribution in [0.15, 0.2) is 18.2 Å². The van der Waals surface area contributed by atoms with E-state index >= 15 is 0 Å². The number of carbonyl (C=O) groups excluding carboxylic acids is 1. The summed E-state index contributed by atoms with van der Waals surface area (Å²) in [6.07, 6.45) is 2.18. The number of ketones is 1. The highest BCUT2D eigenvalue weighted by Gasteiger charge is 2.65. The third kappa shape index (κ3) is 2.49. The van der Waals surface area contributed by atoms with Crippen molar-refractivity contribution in [3.8, 4) is 0 Å². The summed E-state index contributed by atoms with van der Waals surface area (Å²) < 4.78 is 28.3. The second-order valence-corrected chi connectivity index (χ2v) is 9.57. The lowest BCUT2D eigenvalue weighted by Crippen LogP contribution is -2.43. The second-order valence-electron chi connectivity index (χ2n) is 7.85. The monoisotopic (exact) mass is 335 g/mol. The number of hydrogen-bond acceptors (Lipinski definition) is 3. The molecule has 0 spiro atoms. The fourth-order valence-electron chi connectivity index (χ4n) is 4.48. The summed E-state index contributed by atoms with van der Waals surface area (Å²) in [6, 6.07) is 5.70. The van der Waals surface area contributed by atoms with E-state index < -0.39 is 15.4 Å². The van der Waals surface area contributed by atoms with Crippen LogP contribution in [0, 0.1) is 30.6 Å². The van der Waals surface area contributed by atoms with E-state index in [1.54, 1.807) is 0 Å². The van der Waals surface area contributed by atoms with Gasteiger partial charge < -0.3 is 0 Å². The van der Waals surface area contributed by atoms with E-state index in [2.05, 4.69) is 18.6 Å². The lowest BCUT2D eigenvalue weighted by atomic mass is 9.70. The fourth-order valence-corrected chi connectivity index (χ4v) is 6.44. The first-order chi connectivity index (χ1) is 10.6. The molecular weight excluding hydrogens is 310 g/mol. The van der Waals surface area contributed by atoms with Gasteiger partial charge in [-0.05, 0) is 55.2 Å². The Labute approximate surface area is 138 Å². The number of Topliss-reactive ketones (excluding diaryl/α,β-unsaturated/α-hetero) is 1. The Morgan fingerprint density at radius 2 is 1.96 bits per heavy atom. The molecule has 4 nitrogen and oxygen atoms in total. The van der Waals surface area contributed by atoms with Crippen molar-refractivity contribution in [2.75, 3.05) is 10.5 Å². The van der Waals surface area contributed by atoms with Gasteiger partial charge in [-0.2, -0.15) is 0 Å². The van der Waals surface area contributed by atoms with Crippen molar-refractivity contribution in [3.05, 3.63) is 29.3 Å². The van der Waals surface area contributed by atoms with Gasteiger partial charge in [0.15, 0.2) is 0 Å². The van der Waals surface area contributed by atoms with Crippen LogP contribution in [0.5, 0.6) is 0 Å². The Morgan fingerprint density at radius 1 is 1.26 bits per heavy atom. The molecule has 126 valence electrons. The third-order valence-electron chi connectivity index (χ3n) is 6.23. The molecule has 1 aromatic carbocycles. The molecule has 2 aliphatic carbocycles. The minimum Gasteiger partial charge on any atom is -0.299 e. The number of anilines is 1. The van der Waals surface area contributed by atoms with Crippen LogP contribution < -0.4 is 4.72 Å². The topological polar surface area (TPSA) is 63.2 Å². The molecule has 1 N–H and O–H groups in total. The van der Waals surface area contributed by atoms with Crippen LogP contribution in [0.4, 0.5) is 5.69 Å². The molecule has 3 rings (SSSR count). The van der Waals surface area contributed by atoms with E-state index in [4.69, 9.17) is 0 Å². The number of fused-ring (bicyclic) bond motifs is 2. The summed E-state index contributed by atoms with van der Waals surface area (Å²) in [5, 5.41) is 0. The van der Waals surface area contributed by atoms with E-state index in [0.717, 1.165) is 17.5 Å². The Balaban J connectivity index is 1.90. The molecule has 2 saturated carbocycles. The zero-order chi connectivity index (χ0) is 17.0. The number of sulfonamides is 1. The van der Waals surface area contributed by atoms with Crippen LogP contribution in [0.1, 0.15) is 44.2 Å². The maximum absolute atomic E-state index is 12.8. The predicted octanol–water partition coefficient (Wildman–Crippen LogP) is 3.44. The molecule has 0 heterocycles. The van der Waals surface area contributed by atoms with Crippen molar-refractivity contribution in [3.63, 3.8) is 0 Å². The molecule has 23 heavy (non-hydrogen) atoms. The Bertz CT molecular complexity index is 766. The third-order valence-corrected chi connectivity index (χ3v) is 7.64. The van der Waals surface area contributed by atoms with E-state index in [0.29, 0.717) is 24.4 Å². The minimum absolute atomic E-state index is 0.101. The normalized spacial score (nSPS) is 29.0. The van der Waals surface area contributed by atoms with Crippen molar-refractivity contribution in [2.45, 2.75) is 47.0 Å². The van der Waals surface area contributed by atoms with Crippen LogP contribution >= 0.6 is 0 Å². The molecule has 1 aromatic rings. The first kappa shape index (κ1) is 16.5. The maximum atomic E-state index is 12.8. The van der Waals surface area contributed by atoms with E-state index in [-0.39, 0.29) is 17.0 Å². The second kappa shape index (κ2) is 5.07. The summed E-state index contributed by atoms with van der Waals surface area (Å²) in [7, 11) is -3.58. The number of hydrogen-bond donors (Lipinski definition) is 1. The molecule has 0 radical (unpaired) electrons. The average Bonchev–Trinajstić information content (AvgIpc) is 2.76. The number of benzene rings is 1. The van der Waals surface area contributed by atoms with Crippen LogP contribution in [-0.4, -0.2) is 20.0 Å². The summed E-state index contributed by atoms with van der Waals surface area (Å²) >= 11 is 0. The molecule has 2 atom stereocenters. The summed E-state index contributed by atoms with van der Waals surface area (Å²) in [5.74, 6) is 0.353. The van der Waals surface area contributed by atoms with E-state index in [9.17, 15) is 13.2 Å². The highest BCUT2D eigenvalue weighted by Crippen LogP contribution is 2.64.